The number of hydrogen-bond donors (Lipinski definition) is 1. The molecule has 0 aliphatic rings. The molecule has 90 valence electrons. The van der Waals surface area contributed by atoms with E-state index in [1.807, 2.05) is 42.5 Å². The van der Waals surface area contributed by atoms with Gasteiger partial charge in [-0.25, -0.2) is 4.98 Å². The maximum absolute atomic E-state index is 6.11. The molecule has 0 aliphatic heterocycles. The Morgan fingerprint density at radius 2 is 1.94 bits per heavy atom. The van der Waals surface area contributed by atoms with Gasteiger partial charge in [0.05, 0.1) is 12.1 Å². The van der Waals surface area contributed by atoms with E-state index in [9.17, 15) is 0 Å². The van der Waals surface area contributed by atoms with Gasteiger partial charge in [0.2, 0.25) is 0 Å². The summed E-state index contributed by atoms with van der Waals surface area (Å²) in [5.74, 6) is 0.621. The van der Waals surface area contributed by atoms with Crippen LogP contribution in [0.5, 0.6) is 0 Å². The molecule has 0 saturated heterocycles. The number of halogens is 1. The molecular weight excluding hydrogens is 248 g/mol. The zero-order valence-electron chi connectivity index (χ0n) is 9.56. The molecule has 0 atom stereocenters. The van der Waals surface area contributed by atoms with Crippen LogP contribution < -0.4 is 5.73 Å². The largest absolute Gasteiger partial charge is 0.440 e. The first kappa shape index (κ1) is 11.1. The van der Waals surface area contributed by atoms with Gasteiger partial charge in [0.15, 0.2) is 11.5 Å². The van der Waals surface area contributed by atoms with E-state index in [-0.39, 0.29) is 0 Å². The number of anilines is 1. The van der Waals surface area contributed by atoms with Crippen molar-refractivity contribution in [1.82, 2.24) is 4.98 Å². The molecule has 0 bridgehead atoms. The number of rotatable bonds is 2. The third kappa shape index (κ3) is 1.93. The van der Waals surface area contributed by atoms with Gasteiger partial charge in [-0.3, -0.25) is 0 Å². The Kier molecular flexibility index (Phi) is 2.68. The average molecular weight is 259 g/mol. The van der Waals surface area contributed by atoms with Crippen LogP contribution in [0.25, 0.3) is 11.1 Å². The van der Waals surface area contributed by atoms with Gasteiger partial charge >= 0.3 is 0 Å². The van der Waals surface area contributed by atoms with E-state index in [1.54, 1.807) is 0 Å². The molecule has 0 aliphatic carbocycles. The highest BCUT2D eigenvalue weighted by Gasteiger charge is 2.10. The number of aromatic nitrogens is 1. The third-order valence-electron chi connectivity index (χ3n) is 2.79. The Morgan fingerprint density at radius 3 is 2.72 bits per heavy atom. The quantitative estimate of drug-likeness (QED) is 0.714. The minimum absolute atomic E-state index is 0.563. The third-order valence-corrected chi connectivity index (χ3v) is 3.16. The molecule has 2 aromatic carbocycles. The molecule has 4 heteroatoms. The van der Waals surface area contributed by atoms with Crippen LogP contribution in [0.1, 0.15) is 11.5 Å². The molecule has 3 rings (SSSR count). The van der Waals surface area contributed by atoms with Crippen molar-refractivity contribution >= 4 is 28.4 Å². The highest BCUT2D eigenvalue weighted by molar-refractivity contribution is 6.31. The lowest BCUT2D eigenvalue weighted by atomic mass is 10.1. The van der Waals surface area contributed by atoms with Crippen molar-refractivity contribution in [1.29, 1.82) is 0 Å². The fraction of sp³-hybridized carbons (Fsp3) is 0.0714. The Labute approximate surface area is 109 Å². The van der Waals surface area contributed by atoms with Crippen LogP contribution in [0.3, 0.4) is 0 Å². The lowest BCUT2D eigenvalue weighted by Crippen LogP contribution is -1.89. The number of benzene rings is 2. The molecule has 3 nitrogen and oxygen atoms in total. The van der Waals surface area contributed by atoms with Crippen LogP contribution >= 0.6 is 11.6 Å². The minimum atomic E-state index is 0.563. The molecule has 2 N–H and O–H groups in total. The number of nitrogen functional groups attached to an aromatic ring is 1. The number of nitrogens with zero attached hydrogens (tertiary/aromatic N) is 1. The summed E-state index contributed by atoms with van der Waals surface area (Å²) in [5, 5.41) is 0.715. The second-order valence-electron chi connectivity index (χ2n) is 4.07. The first-order chi connectivity index (χ1) is 8.74. The van der Waals surface area contributed by atoms with Crippen LogP contribution in [0, 0.1) is 0 Å². The number of nitrogens with two attached hydrogens (primary N) is 1. The first-order valence-corrected chi connectivity index (χ1v) is 5.99. The van der Waals surface area contributed by atoms with Crippen molar-refractivity contribution in [2.75, 3.05) is 5.73 Å². The second kappa shape index (κ2) is 4.35. The van der Waals surface area contributed by atoms with Gasteiger partial charge < -0.3 is 10.2 Å². The van der Waals surface area contributed by atoms with Gasteiger partial charge in [0, 0.05) is 5.02 Å². The van der Waals surface area contributed by atoms with Crippen LogP contribution in [-0.4, -0.2) is 4.98 Å². The van der Waals surface area contributed by atoms with E-state index in [0.717, 1.165) is 5.56 Å². The summed E-state index contributed by atoms with van der Waals surface area (Å²) in [7, 11) is 0. The molecule has 1 aromatic heterocycles. The molecule has 0 radical (unpaired) electrons. The minimum Gasteiger partial charge on any atom is -0.440 e. The summed E-state index contributed by atoms with van der Waals surface area (Å²) in [6.45, 7) is 0. The van der Waals surface area contributed by atoms with Crippen LogP contribution in [-0.2, 0) is 6.42 Å². The first-order valence-electron chi connectivity index (χ1n) is 5.61. The van der Waals surface area contributed by atoms with Crippen molar-refractivity contribution < 1.29 is 4.42 Å². The van der Waals surface area contributed by atoms with Gasteiger partial charge in [-0.15, -0.1) is 0 Å². The molecule has 0 fully saturated rings. The summed E-state index contributed by atoms with van der Waals surface area (Å²) in [6.07, 6.45) is 0.563. The Balaban J connectivity index is 2.01. The summed E-state index contributed by atoms with van der Waals surface area (Å²) >= 11 is 6.11. The topological polar surface area (TPSA) is 52.0 Å². The lowest BCUT2D eigenvalue weighted by Gasteiger charge is -1.99. The van der Waals surface area contributed by atoms with Gasteiger partial charge in [0.1, 0.15) is 5.52 Å². The normalized spacial score (nSPS) is 10.9. The van der Waals surface area contributed by atoms with E-state index >= 15 is 0 Å². The van der Waals surface area contributed by atoms with E-state index in [2.05, 4.69) is 4.98 Å². The monoisotopic (exact) mass is 258 g/mol. The molecule has 18 heavy (non-hydrogen) atoms. The van der Waals surface area contributed by atoms with E-state index < -0.39 is 0 Å². The van der Waals surface area contributed by atoms with Crippen molar-refractivity contribution in [2.45, 2.75) is 6.42 Å². The van der Waals surface area contributed by atoms with Crippen molar-refractivity contribution in [3.8, 4) is 0 Å². The Hall–Kier alpha value is -2.00. The molecule has 0 unspecified atom stereocenters. The molecular formula is C14H11ClN2O. The Bertz CT molecular complexity index is 706. The van der Waals surface area contributed by atoms with Crippen LogP contribution in [0.2, 0.25) is 5.02 Å². The summed E-state index contributed by atoms with van der Waals surface area (Å²) in [5.41, 5.74) is 8.87. The number of fused-ring (bicyclic) bond motifs is 1. The van der Waals surface area contributed by atoms with Gasteiger partial charge in [-0.2, -0.15) is 0 Å². The zero-order valence-corrected chi connectivity index (χ0v) is 10.3. The van der Waals surface area contributed by atoms with E-state index in [1.165, 1.54) is 0 Å². The molecule has 0 saturated carbocycles. The summed E-state index contributed by atoms with van der Waals surface area (Å²) < 4.78 is 5.66. The number of para-hydroxylation sites is 1. The van der Waals surface area contributed by atoms with Gasteiger partial charge in [0.25, 0.3) is 0 Å². The molecule has 0 amide bonds. The summed E-state index contributed by atoms with van der Waals surface area (Å²) in [4.78, 5) is 4.40. The van der Waals surface area contributed by atoms with Crippen molar-refractivity contribution in [3.05, 3.63) is 58.9 Å². The maximum atomic E-state index is 6.11. The van der Waals surface area contributed by atoms with Gasteiger partial charge in [-0.1, -0.05) is 35.9 Å². The summed E-state index contributed by atoms with van der Waals surface area (Å²) in [6, 6.07) is 13.2. The zero-order chi connectivity index (χ0) is 12.5. The second-order valence-corrected chi connectivity index (χ2v) is 4.48. The lowest BCUT2D eigenvalue weighted by molar-refractivity contribution is 0.544. The fourth-order valence-electron chi connectivity index (χ4n) is 1.90. The SMILES string of the molecule is Nc1cccc2oc(Cc3ccccc3Cl)nc12. The van der Waals surface area contributed by atoms with Crippen molar-refractivity contribution in [2.24, 2.45) is 0 Å². The smallest absolute Gasteiger partial charge is 0.200 e. The molecule has 3 aromatic rings. The average Bonchev–Trinajstić information content (AvgIpc) is 2.76. The Morgan fingerprint density at radius 1 is 1.11 bits per heavy atom. The molecule has 1 heterocycles. The van der Waals surface area contributed by atoms with E-state index in [0.29, 0.717) is 34.1 Å². The predicted octanol–water partition coefficient (Wildman–Crippen LogP) is 3.65. The van der Waals surface area contributed by atoms with E-state index in [4.69, 9.17) is 21.8 Å². The highest BCUT2D eigenvalue weighted by Crippen LogP contribution is 2.24. The standard InChI is InChI=1S/C14H11ClN2O/c15-10-5-2-1-4-9(10)8-13-17-14-11(16)6-3-7-12(14)18-13/h1-7H,8,16H2. The van der Waals surface area contributed by atoms with Crippen LogP contribution in [0.4, 0.5) is 5.69 Å². The highest BCUT2D eigenvalue weighted by atomic mass is 35.5. The van der Waals surface area contributed by atoms with Crippen molar-refractivity contribution in [3.63, 3.8) is 0 Å². The van der Waals surface area contributed by atoms with Crippen LogP contribution in [0.15, 0.2) is 46.9 Å². The maximum Gasteiger partial charge on any atom is 0.200 e. The predicted molar refractivity (Wildman–Crippen MR) is 72.7 cm³/mol. The van der Waals surface area contributed by atoms with Gasteiger partial charge in [-0.05, 0) is 23.8 Å². The molecule has 0 spiro atoms. The fourth-order valence-corrected chi connectivity index (χ4v) is 2.10. The number of oxazole rings is 1. The number of hydrogen-bond acceptors (Lipinski definition) is 3.